The summed E-state index contributed by atoms with van der Waals surface area (Å²) >= 11 is 0. The molecule has 0 aromatic heterocycles. The topological polar surface area (TPSA) is 93.7 Å². The summed E-state index contributed by atoms with van der Waals surface area (Å²) in [5.41, 5.74) is 2.68. The third-order valence-corrected chi connectivity index (χ3v) is 4.37. The number of fused-ring (bicyclic) bond motifs is 1. The fourth-order valence-electron chi connectivity index (χ4n) is 2.89. The summed E-state index contributed by atoms with van der Waals surface area (Å²) in [4.78, 5) is 35.1. The zero-order valence-electron chi connectivity index (χ0n) is 15.6. The van der Waals surface area contributed by atoms with Gasteiger partial charge in [-0.25, -0.2) is 4.79 Å². The van der Waals surface area contributed by atoms with Crippen LogP contribution in [0.15, 0.2) is 48.5 Å². The molecule has 7 heteroatoms. The largest absolute Gasteiger partial charge is 0.482 e. The van der Waals surface area contributed by atoms with Gasteiger partial charge in [0.2, 0.25) is 5.91 Å². The van der Waals surface area contributed by atoms with Gasteiger partial charge in [-0.1, -0.05) is 30.3 Å². The summed E-state index contributed by atoms with van der Waals surface area (Å²) < 4.78 is 10.4. The van der Waals surface area contributed by atoms with Crippen molar-refractivity contribution in [2.45, 2.75) is 25.8 Å². The van der Waals surface area contributed by atoms with Crippen LogP contribution in [0.5, 0.6) is 5.75 Å². The fourth-order valence-corrected chi connectivity index (χ4v) is 2.89. The van der Waals surface area contributed by atoms with Crippen molar-refractivity contribution >= 4 is 23.5 Å². The normalized spacial score (nSPS) is 13.7. The Hall–Kier alpha value is -3.35. The van der Waals surface area contributed by atoms with Crippen LogP contribution in [0.25, 0.3) is 0 Å². The summed E-state index contributed by atoms with van der Waals surface area (Å²) in [6.07, 6.45) is 1.05. The predicted octanol–water partition coefficient (Wildman–Crippen LogP) is 2.37. The van der Waals surface area contributed by atoms with E-state index in [-0.39, 0.29) is 31.1 Å². The van der Waals surface area contributed by atoms with Crippen molar-refractivity contribution in [3.05, 3.63) is 59.7 Å². The van der Waals surface area contributed by atoms with E-state index in [4.69, 9.17) is 9.47 Å². The van der Waals surface area contributed by atoms with Crippen molar-refractivity contribution in [3.63, 3.8) is 0 Å². The maximum absolute atomic E-state index is 11.9. The molecular formula is C21H22N2O5. The van der Waals surface area contributed by atoms with Crippen molar-refractivity contribution in [2.75, 3.05) is 18.5 Å². The summed E-state index contributed by atoms with van der Waals surface area (Å²) in [5, 5.41) is 5.55. The van der Waals surface area contributed by atoms with Gasteiger partial charge in [-0.2, -0.15) is 0 Å². The van der Waals surface area contributed by atoms with Crippen molar-refractivity contribution in [1.29, 1.82) is 0 Å². The Morgan fingerprint density at radius 2 is 1.89 bits per heavy atom. The predicted molar refractivity (Wildman–Crippen MR) is 103 cm³/mol. The van der Waals surface area contributed by atoms with Gasteiger partial charge in [0, 0.05) is 12.1 Å². The maximum atomic E-state index is 11.9. The molecule has 1 heterocycles. The van der Waals surface area contributed by atoms with Gasteiger partial charge in [-0.15, -0.1) is 0 Å². The second-order valence-electron chi connectivity index (χ2n) is 6.52. The first-order valence-corrected chi connectivity index (χ1v) is 9.07. The van der Waals surface area contributed by atoms with Gasteiger partial charge < -0.3 is 20.1 Å². The molecular weight excluding hydrogens is 360 g/mol. The van der Waals surface area contributed by atoms with Gasteiger partial charge in [0.15, 0.2) is 13.2 Å². The monoisotopic (exact) mass is 382 g/mol. The first kappa shape index (κ1) is 19.4. The molecule has 146 valence electrons. The zero-order chi connectivity index (χ0) is 19.9. The van der Waals surface area contributed by atoms with Crippen molar-refractivity contribution < 1.29 is 23.9 Å². The minimum Gasteiger partial charge on any atom is -0.482 e. The molecule has 7 nitrogen and oxygen atoms in total. The SMILES string of the molecule is CC(NC(=O)COC(=O)COc1ccc2c(c1)CCC(=O)N2)c1ccccc1. The van der Waals surface area contributed by atoms with Crippen LogP contribution in [0, 0.1) is 0 Å². The molecule has 0 spiro atoms. The molecule has 3 rings (SSSR count). The number of benzene rings is 2. The van der Waals surface area contributed by atoms with Gasteiger partial charge in [-0.3, -0.25) is 9.59 Å². The number of nitrogens with one attached hydrogen (secondary N) is 2. The molecule has 2 amide bonds. The number of carbonyl (C=O) groups is 3. The average molecular weight is 382 g/mol. The minimum absolute atomic E-state index is 0.00962. The van der Waals surface area contributed by atoms with Crippen molar-refractivity contribution in [3.8, 4) is 5.75 Å². The second kappa shape index (κ2) is 9.03. The minimum atomic E-state index is -0.631. The van der Waals surface area contributed by atoms with E-state index >= 15 is 0 Å². The highest BCUT2D eigenvalue weighted by Gasteiger charge is 2.16. The standard InChI is InChI=1S/C21H22N2O5/c1-14(15-5-3-2-4-6-15)22-20(25)12-28-21(26)13-27-17-8-9-18-16(11-17)7-10-19(24)23-18/h2-6,8-9,11,14H,7,10,12-13H2,1H3,(H,22,25)(H,23,24). The Morgan fingerprint density at radius 3 is 2.68 bits per heavy atom. The molecule has 2 aromatic carbocycles. The molecule has 0 saturated heterocycles. The molecule has 0 saturated carbocycles. The van der Waals surface area contributed by atoms with E-state index in [1.54, 1.807) is 18.2 Å². The summed E-state index contributed by atoms with van der Waals surface area (Å²) in [5.74, 6) is -0.513. The lowest BCUT2D eigenvalue weighted by atomic mass is 10.0. The van der Waals surface area contributed by atoms with Gasteiger partial charge in [0.1, 0.15) is 5.75 Å². The third kappa shape index (κ3) is 5.33. The van der Waals surface area contributed by atoms with E-state index in [1.807, 2.05) is 37.3 Å². The first-order valence-electron chi connectivity index (χ1n) is 9.07. The molecule has 1 unspecified atom stereocenters. The summed E-state index contributed by atoms with van der Waals surface area (Å²) in [6.45, 7) is 1.19. The highest BCUT2D eigenvalue weighted by Crippen LogP contribution is 2.26. The zero-order valence-corrected chi connectivity index (χ0v) is 15.6. The summed E-state index contributed by atoms with van der Waals surface area (Å²) in [6, 6.07) is 14.5. The smallest absolute Gasteiger partial charge is 0.344 e. The average Bonchev–Trinajstić information content (AvgIpc) is 2.71. The molecule has 1 aliphatic rings. The Kier molecular flexibility index (Phi) is 6.26. The lowest BCUT2D eigenvalue weighted by Crippen LogP contribution is -2.31. The van der Waals surface area contributed by atoms with E-state index in [9.17, 15) is 14.4 Å². The van der Waals surface area contributed by atoms with Gasteiger partial charge in [0.05, 0.1) is 6.04 Å². The van der Waals surface area contributed by atoms with Crippen LogP contribution in [0.4, 0.5) is 5.69 Å². The van der Waals surface area contributed by atoms with Crippen LogP contribution in [-0.4, -0.2) is 31.0 Å². The van der Waals surface area contributed by atoms with E-state index in [2.05, 4.69) is 10.6 Å². The van der Waals surface area contributed by atoms with E-state index < -0.39 is 5.97 Å². The highest BCUT2D eigenvalue weighted by molar-refractivity contribution is 5.94. The van der Waals surface area contributed by atoms with E-state index in [0.717, 1.165) is 16.8 Å². The number of hydrogen-bond donors (Lipinski definition) is 2. The van der Waals surface area contributed by atoms with Crippen molar-refractivity contribution in [2.24, 2.45) is 0 Å². The lowest BCUT2D eigenvalue weighted by molar-refractivity contribution is -0.150. The molecule has 0 aliphatic carbocycles. The number of carbonyl (C=O) groups excluding carboxylic acids is 3. The molecule has 1 aliphatic heterocycles. The molecule has 2 aromatic rings. The fraction of sp³-hybridized carbons (Fsp3) is 0.286. The molecule has 2 N–H and O–H groups in total. The number of rotatable bonds is 7. The number of aryl methyl sites for hydroxylation is 1. The quantitative estimate of drug-likeness (QED) is 0.717. The first-order chi connectivity index (χ1) is 13.5. The third-order valence-electron chi connectivity index (χ3n) is 4.37. The van der Waals surface area contributed by atoms with Crippen LogP contribution in [-0.2, 0) is 25.5 Å². The van der Waals surface area contributed by atoms with Crippen LogP contribution in [0.3, 0.4) is 0 Å². The van der Waals surface area contributed by atoms with E-state index in [0.29, 0.717) is 18.6 Å². The molecule has 1 atom stereocenters. The second-order valence-corrected chi connectivity index (χ2v) is 6.52. The number of esters is 1. The van der Waals surface area contributed by atoms with Crippen molar-refractivity contribution in [1.82, 2.24) is 5.32 Å². The molecule has 0 fully saturated rings. The summed E-state index contributed by atoms with van der Waals surface area (Å²) in [7, 11) is 0. The lowest BCUT2D eigenvalue weighted by Gasteiger charge is -2.17. The maximum Gasteiger partial charge on any atom is 0.344 e. The number of hydrogen-bond acceptors (Lipinski definition) is 5. The number of anilines is 1. The van der Waals surface area contributed by atoms with Gasteiger partial charge in [0.25, 0.3) is 5.91 Å². The molecule has 0 radical (unpaired) electrons. The van der Waals surface area contributed by atoms with Gasteiger partial charge >= 0.3 is 5.97 Å². The van der Waals surface area contributed by atoms with E-state index in [1.165, 1.54) is 0 Å². The van der Waals surface area contributed by atoms with Crippen LogP contribution >= 0.6 is 0 Å². The number of amides is 2. The number of ether oxygens (including phenoxy) is 2. The Bertz CT molecular complexity index is 866. The van der Waals surface area contributed by atoms with Gasteiger partial charge in [-0.05, 0) is 42.7 Å². The molecule has 28 heavy (non-hydrogen) atoms. The Labute approximate surface area is 163 Å². The Morgan fingerprint density at radius 1 is 1.11 bits per heavy atom. The highest BCUT2D eigenvalue weighted by atomic mass is 16.6. The Balaban J connectivity index is 1.41. The van der Waals surface area contributed by atoms with Crippen LogP contribution in [0.1, 0.15) is 30.5 Å². The van der Waals surface area contributed by atoms with Crippen LogP contribution in [0.2, 0.25) is 0 Å². The molecule has 0 bridgehead atoms. The van der Waals surface area contributed by atoms with Crippen LogP contribution < -0.4 is 15.4 Å².